The van der Waals surface area contributed by atoms with Crippen LogP contribution in [0, 0.1) is 0 Å². The molecule has 0 bridgehead atoms. The first-order chi connectivity index (χ1) is 9.93. The Labute approximate surface area is 120 Å². The van der Waals surface area contributed by atoms with Gasteiger partial charge in [-0.2, -0.15) is 0 Å². The Balaban J connectivity index is 2.17. The average molecular weight is 300 g/mol. The molecule has 4 atom stereocenters. The van der Waals surface area contributed by atoms with E-state index in [0.717, 1.165) is 0 Å². The van der Waals surface area contributed by atoms with Crippen molar-refractivity contribution in [2.45, 2.75) is 24.6 Å². The Kier molecular flexibility index (Phi) is 4.63. The minimum absolute atomic E-state index is 0.0137. The number of aliphatic hydroxyl groups is 3. The zero-order chi connectivity index (χ0) is 15.6. The maximum Gasteiger partial charge on any atom is 0.335 e. The normalized spacial score (nSPS) is 29.0. The molecule has 0 amide bonds. The number of ether oxygens (including phenoxy) is 3. The molecule has 0 spiro atoms. The van der Waals surface area contributed by atoms with Crippen molar-refractivity contribution in [3.63, 3.8) is 0 Å². The number of hydrogen-bond acceptors (Lipinski definition) is 7. The summed E-state index contributed by atoms with van der Waals surface area (Å²) in [5.74, 6) is -0.825. The van der Waals surface area contributed by atoms with Crippen molar-refractivity contribution in [3.8, 4) is 11.5 Å². The van der Waals surface area contributed by atoms with Crippen molar-refractivity contribution < 1.29 is 39.4 Å². The number of rotatable bonds is 4. The predicted molar refractivity (Wildman–Crippen MR) is 68.3 cm³/mol. The van der Waals surface area contributed by atoms with Crippen LogP contribution in [-0.4, -0.2) is 64.7 Å². The summed E-state index contributed by atoms with van der Waals surface area (Å²) < 4.78 is 15.5. The van der Waals surface area contributed by atoms with Gasteiger partial charge in [-0.1, -0.05) is 0 Å². The highest BCUT2D eigenvalue weighted by Crippen LogP contribution is 2.30. The molecule has 0 aromatic heterocycles. The molecular weight excluding hydrogens is 284 g/mol. The number of carboxylic acids is 1. The number of methoxy groups -OCH3 is 1. The lowest BCUT2D eigenvalue weighted by Gasteiger charge is -2.35. The number of carbonyl (C=O) groups is 1. The van der Waals surface area contributed by atoms with E-state index in [1.54, 1.807) is 0 Å². The Morgan fingerprint density at radius 1 is 1.24 bits per heavy atom. The zero-order valence-corrected chi connectivity index (χ0v) is 11.2. The second kappa shape index (κ2) is 6.27. The van der Waals surface area contributed by atoms with Crippen LogP contribution in [0.3, 0.4) is 0 Å². The Bertz CT molecular complexity index is 517. The monoisotopic (exact) mass is 300 g/mol. The molecule has 8 heteroatoms. The first kappa shape index (κ1) is 15.5. The van der Waals surface area contributed by atoms with Crippen LogP contribution in [0.1, 0.15) is 10.4 Å². The van der Waals surface area contributed by atoms with E-state index in [0.29, 0.717) is 0 Å². The number of aliphatic hydroxyl groups excluding tert-OH is 3. The van der Waals surface area contributed by atoms with E-state index in [9.17, 15) is 20.1 Å². The van der Waals surface area contributed by atoms with Crippen molar-refractivity contribution in [1.82, 2.24) is 0 Å². The minimum Gasteiger partial charge on any atom is -0.493 e. The summed E-state index contributed by atoms with van der Waals surface area (Å²) in [5.41, 5.74) is 0.0137. The molecule has 1 fully saturated rings. The molecule has 0 saturated carbocycles. The van der Waals surface area contributed by atoms with E-state index in [-0.39, 0.29) is 23.7 Å². The second-order valence-corrected chi connectivity index (χ2v) is 4.54. The van der Waals surface area contributed by atoms with Gasteiger partial charge in [0.25, 0.3) is 0 Å². The van der Waals surface area contributed by atoms with Crippen LogP contribution in [0.2, 0.25) is 0 Å². The number of carboxylic acid groups (broad SMARTS) is 1. The summed E-state index contributed by atoms with van der Waals surface area (Å²) >= 11 is 0. The molecule has 1 saturated heterocycles. The third-order valence-corrected chi connectivity index (χ3v) is 3.11. The van der Waals surface area contributed by atoms with Gasteiger partial charge in [-0.3, -0.25) is 0 Å². The molecule has 1 aromatic rings. The van der Waals surface area contributed by atoms with E-state index in [1.807, 2.05) is 0 Å². The fraction of sp³-hybridized carbons (Fsp3) is 0.462. The van der Waals surface area contributed by atoms with Gasteiger partial charge < -0.3 is 34.6 Å². The highest BCUT2D eigenvalue weighted by Gasteiger charge is 2.39. The van der Waals surface area contributed by atoms with Gasteiger partial charge in [-0.15, -0.1) is 0 Å². The van der Waals surface area contributed by atoms with Gasteiger partial charge in [0.15, 0.2) is 11.5 Å². The Morgan fingerprint density at radius 3 is 2.57 bits per heavy atom. The maximum atomic E-state index is 10.9. The molecule has 1 heterocycles. The summed E-state index contributed by atoms with van der Waals surface area (Å²) in [6.45, 7) is -0.196. The van der Waals surface area contributed by atoms with E-state index >= 15 is 0 Å². The van der Waals surface area contributed by atoms with Crippen LogP contribution < -0.4 is 9.47 Å². The average Bonchev–Trinajstić information content (AvgIpc) is 2.48. The summed E-state index contributed by atoms with van der Waals surface area (Å²) in [7, 11) is 1.34. The van der Waals surface area contributed by atoms with Crippen LogP contribution >= 0.6 is 0 Å². The van der Waals surface area contributed by atoms with Crippen LogP contribution in [0.4, 0.5) is 0 Å². The lowest BCUT2D eigenvalue weighted by molar-refractivity contribution is -0.242. The number of aromatic carboxylic acids is 1. The SMILES string of the molecule is COc1cc(C(=O)O)ccc1O[C@@H]1OC[C@H](O)[C@H](O)[C@H]1O. The lowest BCUT2D eigenvalue weighted by Crippen LogP contribution is -2.54. The Hall–Kier alpha value is -1.87. The lowest BCUT2D eigenvalue weighted by atomic mass is 10.1. The fourth-order valence-electron chi connectivity index (χ4n) is 1.91. The molecule has 116 valence electrons. The molecule has 2 rings (SSSR count). The van der Waals surface area contributed by atoms with E-state index in [2.05, 4.69) is 0 Å². The van der Waals surface area contributed by atoms with Crippen LogP contribution in [0.15, 0.2) is 18.2 Å². The van der Waals surface area contributed by atoms with Gasteiger partial charge in [-0.05, 0) is 18.2 Å². The molecule has 1 aliphatic heterocycles. The summed E-state index contributed by atoms with van der Waals surface area (Å²) in [5, 5.41) is 37.6. The number of hydrogen-bond donors (Lipinski definition) is 4. The Morgan fingerprint density at radius 2 is 1.95 bits per heavy atom. The van der Waals surface area contributed by atoms with Crippen LogP contribution in [0.5, 0.6) is 11.5 Å². The van der Waals surface area contributed by atoms with Gasteiger partial charge in [0.05, 0.1) is 19.3 Å². The van der Waals surface area contributed by atoms with Gasteiger partial charge in [0.2, 0.25) is 6.29 Å². The maximum absolute atomic E-state index is 10.9. The van der Waals surface area contributed by atoms with Gasteiger partial charge >= 0.3 is 5.97 Å². The third kappa shape index (κ3) is 3.24. The molecule has 0 radical (unpaired) electrons. The third-order valence-electron chi connectivity index (χ3n) is 3.11. The van der Waals surface area contributed by atoms with Crippen molar-refractivity contribution in [2.24, 2.45) is 0 Å². The molecular formula is C13H16O8. The second-order valence-electron chi connectivity index (χ2n) is 4.54. The molecule has 21 heavy (non-hydrogen) atoms. The van der Waals surface area contributed by atoms with Crippen molar-refractivity contribution in [2.75, 3.05) is 13.7 Å². The van der Waals surface area contributed by atoms with Gasteiger partial charge in [0.1, 0.15) is 18.3 Å². The summed E-state index contributed by atoms with van der Waals surface area (Å²) in [4.78, 5) is 10.9. The zero-order valence-electron chi connectivity index (χ0n) is 11.2. The van der Waals surface area contributed by atoms with E-state index < -0.39 is 30.6 Å². The number of benzene rings is 1. The van der Waals surface area contributed by atoms with Crippen LogP contribution in [0.25, 0.3) is 0 Å². The topological polar surface area (TPSA) is 126 Å². The van der Waals surface area contributed by atoms with Gasteiger partial charge in [0, 0.05) is 0 Å². The smallest absolute Gasteiger partial charge is 0.335 e. The quantitative estimate of drug-likeness (QED) is 0.570. The van der Waals surface area contributed by atoms with E-state index in [4.69, 9.17) is 19.3 Å². The fourth-order valence-corrected chi connectivity index (χ4v) is 1.91. The molecule has 4 N–H and O–H groups in total. The molecule has 1 aliphatic rings. The predicted octanol–water partition coefficient (Wildman–Crippen LogP) is -0.789. The summed E-state index contributed by atoms with van der Waals surface area (Å²) in [6.07, 6.45) is -5.24. The standard InChI is InChI=1S/C13H16O8/c1-19-9-4-6(12(17)18)2-3-8(9)21-13-11(16)10(15)7(14)5-20-13/h2-4,7,10-11,13-16H,5H2,1H3,(H,17,18)/t7-,10-,11+,13-/m0/s1. The minimum atomic E-state index is -1.45. The molecule has 0 unspecified atom stereocenters. The van der Waals surface area contributed by atoms with Crippen molar-refractivity contribution in [3.05, 3.63) is 23.8 Å². The van der Waals surface area contributed by atoms with Gasteiger partial charge in [-0.25, -0.2) is 4.79 Å². The largest absolute Gasteiger partial charge is 0.493 e. The van der Waals surface area contributed by atoms with E-state index in [1.165, 1.54) is 25.3 Å². The van der Waals surface area contributed by atoms with Crippen molar-refractivity contribution in [1.29, 1.82) is 0 Å². The first-order valence-electron chi connectivity index (χ1n) is 6.18. The highest BCUT2D eigenvalue weighted by atomic mass is 16.7. The molecule has 1 aromatic carbocycles. The van der Waals surface area contributed by atoms with Crippen LogP contribution in [-0.2, 0) is 4.74 Å². The van der Waals surface area contributed by atoms with Crippen molar-refractivity contribution >= 4 is 5.97 Å². The molecule has 8 nitrogen and oxygen atoms in total. The molecule has 0 aliphatic carbocycles. The first-order valence-corrected chi connectivity index (χ1v) is 6.18. The summed E-state index contributed by atoms with van der Waals surface area (Å²) in [6, 6.07) is 3.93. The highest BCUT2D eigenvalue weighted by molar-refractivity contribution is 5.88.